The van der Waals surface area contributed by atoms with Crippen LogP contribution in [0.4, 0.5) is 4.39 Å². The molecular formula is C14H15FN2. The Hall–Kier alpha value is -1.61. The van der Waals surface area contributed by atoms with E-state index in [0.717, 1.165) is 25.1 Å². The van der Waals surface area contributed by atoms with Crippen molar-refractivity contribution >= 4 is 0 Å². The minimum absolute atomic E-state index is 0.174. The molecule has 1 atom stereocenters. The number of hydrogen-bond acceptors (Lipinski definition) is 1. The zero-order chi connectivity index (χ0) is 11.7. The summed E-state index contributed by atoms with van der Waals surface area (Å²) < 4.78 is 15.2. The maximum absolute atomic E-state index is 12.9. The largest absolute Gasteiger partial charge is 0.350 e. The molecule has 2 nitrogen and oxygen atoms in total. The predicted octanol–water partition coefficient (Wildman–Crippen LogP) is 2.71. The summed E-state index contributed by atoms with van der Waals surface area (Å²) in [5.74, 6) is -0.183. The van der Waals surface area contributed by atoms with Crippen molar-refractivity contribution in [2.75, 3.05) is 6.54 Å². The molecule has 0 radical (unpaired) electrons. The molecule has 2 heterocycles. The van der Waals surface area contributed by atoms with Gasteiger partial charge in [0.1, 0.15) is 5.82 Å². The van der Waals surface area contributed by atoms with Gasteiger partial charge >= 0.3 is 0 Å². The molecule has 3 rings (SSSR count). The molecule has 1 unspecified atom stereocenters. The average Bonchev–Trinajstić information content (AvgIpc) is 2.71. The van der Waals surface area contributed by atoms with E-state index in [4.69, 9.17) is 0 Å². The lowest BCUT2D eigenvalue weighted by molar-refractivity contribution is 0.602. The molecule has 0 saturated carbocycles. The van der Waals surface area contributed by atoms with Crippen LogP contribution in [0.15, 0.2) is 42.6 Å². The van der Waals surface area contributed by atoms with Gasteiger partial charge in [0.05, 0.1) is 6.04 Å². The van der Waals surface area contributed by atoms with E-state index in [1.54, 1.807) is 0 Å². The number of aryl methyl sites for hydroxylation is 1. The first-order valence-electron chi connectivity index (χ1n) is 5.98. The predicted molar refractivity (Wildman–Crippen MR) is 65.3 cm³/mol. The molecule has 0 saturated heterocycles. The molecule has 1 aromatic carbocycles. The van der Waals surface area contributed by atoms with E-state index >= 15 is 0 Å². The fourth-order valence-electron chi connectivity index (χ4n) is 2.44. The normalized spacial score (nSPS) is 19.7. The van der Waals surface area contributed by atoms with Crippen LogP contribution in [-0.4, -0.2) is 11.1 Å². The quantitative estimate of drug-likeness (QED) is 0.797. The zero-order valence-electron chi connectivity index (χ0n) is 9.57. The fraction of sp³-hybridized carbons (Fsp3) is 0.286. The summed E-state index contributed by atoms with van der Waals surface area (Å²) >= 11 is 0. The Kier molecular flexibility index (Phi) is 2.69. The van der Waals surface area contributed by atoms with Crippen molar-refractivity contribution in [2.45, 2.75) is 19.0 Å². The third kappa shape index (κ3) is 1.98. The maximum atomic E-state index is 12.9. The monoisotopic (exact) mass is 230 g/mol. The summed E-state index contributed by atoms with van der Waals surface area (Å²) in [4.78, 5) is 0. The van der Waals surface area contributed by atoms with Crippen molar-refractivity contribution in [1.82, 2.24) is 9.88 Å². The van der Waals surface area contributed by atoms with Gasteiger partial charge in [-0.15, -0.1) is 0 Å². The highest BCUT2D eigenvalue weighted by atomic mass is 19.1. The first kappa shape index (κ1) is 10.5. The Bertz CT molecular complexity index is 501. The Morgan fingerprint density at radius 1 is 1.18 bits per heavy atom. The van der Waals surface area contributed by atoms with Crippen LogP contribution < -0.4 is 5.32 Å². The van der Waals surface area contributed by atoms with Crippen LogP contribution in [0.3, 0.4) is 0 Å². The van der Waals surface area contributed by atoms with Gasteiger partial charge in [-0.25, -0.2) is 4.39 Å². The fourth-order valence-corrected chi connectivity index (χ4v) is 2.44. The number of halogens is 1. The standard InChI is InChI=1S/C14H15FN2/c15-12-6-4-11(5-7-12)14-13-3-1-9-17(13)10-2-8-16-14/h1,3-7,9,14,16H,2,8,10H2. The van der Waals surface area contributed by atoms with Gasteiger partial charge in [-0.3, -0.25) is 0 Å². The van der Waals surface area contributed by atoms with Crippen LogP contribution in [0.2, 0.25) is 0 Å². The van der Waals surface area contributed by atoms with Gasteiger partial charge < -0.3 is 9.88 Å². The minimum atomic E-state index is -0.183. The van der Waals surface area contributed by atoms with E-state index in [2.05, 4.69) is 28.2 Å². The lowest BCUT2D eigenvalue weighted by atomic mass is 10.0. The lowest BCUT2D eigenvalue weighted by Crippen LogP contribution is -2.22. The van der Waals surface area contributed by atoms with Crippen LogP contribution in [-0.2, 0) is 6.54 Å². The zero-order valence-corrected chi connectivity index (χ0v) is 9.57. The van der Waals surface area contributed by atoms with E-state index < -0.39 is 0 Å². The molecule has 0 fully saturated rings. The number of benzene rings is 1. The second-order valence-electron chi connectivity index (χ2n) is 4.42. The molecule has 0 spiro atoms. The van der Waals surface area contributed by atoms with E-state index in [-0.39, 0.29) is 11.9 Å². The van der Waals surface area contributed by atoms with E-state index in [9.17, 15) is 4.39 Å². The van der Waals surface area contributed by atoms with Crippen molar-refractivity contribution in [1.29, 1.82) is 0 Å². The minimum Gasteiger partial charge on any atom is -0.350 e. The number of nitrogens with one attached hydrogen (secondary N) is 1. The lowest BCUT2D eigenvalue weighted by Gasteiger charge is -2.17. The molecule has 1 aliphatic rings. The van der Waals surface area contributed by atoms with E-state index in [0.29, 0.717) is 0 Å². The van der Waals surface area contributed by atoms with Crippen LogP contribution >= 0.6 is 0 Å². The smallest absolute Gasteiger partial charge is 0.123 e. The maximum Gasteiger partial charge on any atom is 0.123 e. The molecular weight excluding hydrogens is 215 g/mol. The summed E-state index contributed by atoms with van der Waals surface area (Å²) in [6, 6.07) is 11.1. The van der Waals surface area contributed by atoms with Gasteiger partial charge in [0.25, 0.3) is 0 Å². The second-order valence-corrected chi connectivity index (χ2v) is 4.42. The van der Waals surface area contributed by atoms with Crippen molar-refractivity contribution in [3.8, 4) is 0 Å². The molecule has 17 heavy (non-hydrogen) atoms. The van der Waals surface area contributed by atoms with E-state index in [1.165, 1.54) is 17.8 Å². The first-order valence-corrected chi connectivity index (χ1v) is 5.98. The number of aromatic nitrogens is 1. The molecule has 0 amide bonds. The number of fused-ring (bicyclic) bond motifs is 1. The molecule has 3 heteroatoms. The Balaban J connectivity index is 2.00. The molecule has 0 bridgehead atoms. The highest BCUT2D eigenvalue weighted by Gasteiger charge is 2.19. The topological polar surface area (TPSA) is 17.0 Å². The summed E-state index contributed by atoms with van der Waals surface area (Å²) in [6.07, 6.45) is 3.23. The highest BCUT2D eigenvalue weighted by Crippen LogP contribution is 2.24. The van der Waals surface area contributed by atoms with Crippen LogP contribution in [0.25, 0.3) is 0 Å². The highest BCUT2D eigenvalue weighted by molar-refractivity contribution is 5.29. The van der Waals surface area contributed by atoms with Crippen LogP contribution in [0.1, 0.15) is 23.7 Å². The van der Waals surface area contributed by atoms with Gasteiger partial charge in [0.15, 0.2) is 0 Å². The first-order chi connectivity index (χ1) is 8.34. The number of hydrogen-bond donors (Lipinski definition) is 1. The van der Waals surface area contributed by atoms with E-state index in [1.807, 2.05) is 12.1 Å². The SMILES string of the molecule is Fc1ccc(C2NCCCn3cccc32)cc1. The summed E-state index contributed by atoms with van der Waals surface area (Å²) in [5, 5.41) is 3.52. The second kappa shape index (κ2) is 4.34. The molecule has 88 valence electrons. The van der Waals surface area contributed by atoms with Crippen molar-refractivity contribution in [3.05, 3.63) is 59.7 Å². The Morgan fingerprint density at radius 2 is 2.00 bits per heavy atom. The third-order valence-electron chi connectivity index (χ3n) is 3.29. The van der Waals surface area contributed by atoms with Gasteiger partial charge in [0.2, 0.25) is 0 Å². The van der Waals surface area contributed by atoms with Crippen molar-refractivity contribution in [3.63, 3.8) is 0 Å². The number of rotatable bonds is 1. The summed E-state index contributed by atoms with van der Waals surface area (Å²) in [6.45, 7) is 2.04. The van der Waals surface area contributed by atoms with Gasteiger partial charge in [-0.1, -0.05) is 12.1 Å². The molecule has 1 aliphatic heterocycles. The van der Waals surface area contributed by atoms with Gasteiger partial charge in [-0.2, -0.15) is 0 Å². The number of nitrogens with zero attached hydrogens (tertiary/aromatic N) is 1. The molecule has 2 aromatic rings. The van der Waals surface area contributed by atoms with Crippen molar-refractivity contribution in [2.24, 2.45) is 0 Å². The molecule has 0 aliphatic carbocycles. The van der Waals surface area contributed by atoms with Crippen LogP contribution in [0.5, 0.6) is 0 Å². The van der Waals surface area contributed by atoms with Gasteiger partial charge in [0, 0.05) is 18.4 Å². The van der Waals surface area contributed by atoms with Gasteiger partial charge in [-0.05, 0) is 42.8 Å². The Labute approximate surface area is 100 Å². The molecule has 1 N–H and O–H groups in total. The third-order valence-corrected chi connectivity index (χ3v) is 3.29. The van der Waals surface area contributed by atoms with Crippen LogP contribution in [0, 0.1) is 5.82 Å². The van der Waals surface area contributed by atoms with Crippen molar-refractivity contribution < 1.29 is 4.39 Å². The molecule has 1 aromatic heterocycles. The summed E-state index contributed by atoms with van der Waals surface area (Å²) in [5.41, 5.74) is 2.38. The average molecular weight is 230 g/mol. The summed E-state index contributed by atoms with van der Waals surface area (Å²) in [7, 11) is 0. The Morgan fingerprint density at radius 3 is 2.82 bits per heavy atom.